The topological polar surface area (TPSA) is 103 Å². The van der Waals surface area contributed by atoms with Gasteiger partial charge >= 0.3 is 5.97 Å². The molecule has 0 atom stereocenters. The summed E-state index contributed by atoms with van der Waals surface area (Å²) < 4.78 is 0. The summed E-state index contributed by atoms with van der Waals surface area (Å²) in [5, 5.41) is 18.1. The summed E-state index contributed by atoms with van der Waals surface area (Å²) in [6.07, 6.45) is -0.367. The van der Waals surface area contributed by atoms with E-state index in [-0.39, 0.29) is 17.7 Å². The van der Waals surface area contributed by atoms with E-state index in [0.29, 0.717) is 17.1 Å². The minimum Gasteiger partial charge on any atom is -0.508 e. The van der Waals surface area contributed by atoms with Gasteiger partial charge in [0.05, 0.1) is 6.42 Å². The number of aromatic hydroxyl groups is 1. The number of hydrogen-bond acceptors (Lipinski definition) is 4. The van der Waals surface area contributed by atoms with Crippen molar-refractivity contribution in [1.82, 2.24) is 9.97 Å². The number of carbonyl (C=O) groups is 1. The first-order valence-corrected chi connectivity index (χ1v) is 5.58. The number of phenolic OH excluding ortho intramolecular Hbond substituents is 1. The third-order valence-electron chi connectivity index (χ3n) is 2.67. The molecule has 0 aliphatic rings. The fourth-order valence-corrected chi connectivity index (χ4v) is 1.76. The lowest BCUT2D eigenvalue weighted by atomic mass is 10.1. The van der Waals surface area contributed by atoms with Crippen LogP contribution in [0.15, 0.2) is 29.1 Å². The zero-order valence-corrected chi connectivity index (χ0v) is 10.2. The number of H-pyrrole nitrogens is 1. The Morgan fingerprint density at radius 3 is 2.74 bits per heavy atom. The van der Waals surface area contributed by atoms with E-state index in [1.165, 1.54) is 12.1 Å². The molecule has 0 aliphatic carbocycles. The van der Waals surface area contributed by atoms with Gasteiger partial charge in [0.1, 0.15) is 11.6 Å². The van der Waals surface area contributed by atoms with Crippen LogP contribution in [0.3, 0.4) is 0 Å². The van der Waals surface area contributed by atoms with Gasteiger partial charge in [0.2, 0.25) is 0 Å². The minimum atomic E-state index is -1.08. The summed E-state index contributed by atoms with van der Waals surface area (Å²) in [7, 11) is 0. The van der Waals surface area contributed by atoms with E-state index in [2.05, 4.69) is 9.97 Å². The van der Waals surface area contributed by atoms with Crippen molar-refractivity contribution >= 4 is 5.97 Å². The van der Waals surface area contributed by atoms with Crippen molar-refractivity contribution < 1.29 is 15.0 Å². The lowest BCUT2D eigenvalue weighted by molar-refractivity contribution is -0.136. The summed E-state index contributed by atoms with van der Waals surface area (Å²) in [5.41, 5.74) is 0.580. The molecule has 98 valence electrons. The van der Waals surface area contributed by atoms with Crippen LogP contribution < -0.4 is 5.56 Å². The molecule has 1 heterocycles. The normalized spacial score (nSPS) is 10.4. The van der Waals surface area contributed by atoms with Gasteiger partial charge in [-0.15, -0.1) is 0 Å². The highest BCUT2D eigenvalue weighted by molar-refractivity contribution is 5.70. The molecule has 1 aromatic carbocycles. The van der Waals surface area contributed by atoms with Gasteiger partial charge in [-0.3, -0.25) is 9.59 Å². The number of aromatic amines is 1. The Hall–Kier alpha value is -2.63. The molecule has 0 spiro atoms. The van der Waals surface area contributed by atoms with Crippen LogP contribution in [0.5, 0.6) is 5.75 Å². The molecule has 6 nitrogen and oxygen atoms in total. The van der Waals surface area contributed by atoms with Gasteiger partial charge in [0.25, 0.3) is 5.56 Å². The van der Waals surface area contributed by atoms with Crippen molar-refractivity contribution in [2.75, 3.05) is 0 Å². The fourth-order valence-electron chi connectivity index (χ4n) is 1.76. The van der Waals surface area contributed by atoms with Crippen LogP contribution in [0.4, 0.5) is 0 Å². The zero-order chi connectivity index (χ0) is 14.0. The van der Waals surface area contributed by atoms with E-state index < -0.39 is 11.5 Å². The Labute approximate surface area is 108 Å². The van der Waals surface area contributed by atoms with Crippen LogP contribution in [0.1, 0.15) is 11.3 Å². The standard InChI is InChI=1S/C13H12N2O4/c1-7-10(6-11(17)18)13(19)15-12(14-7)8-3-2-4-9(16)5-8/h2-5,16H,6H2,1H3,(H,17,18)(H,14,15,19). The first-order valence-electron chi connectivity index (χ1n) is 5.58. The highest BCUT2D eigenvalue weighted by Gasteiger charge is 2.12. The Bertz CT molecular complexity index is 691. The van der Waals surface area contributed by atoms with E-state index >= 15 is 0 Å². The van der Waals surface area contributed by atoms with Gasteiger partial charge in [-0.2, -0.15) is 0 Å². The van der Waals surface area contributed by atoms with E-state index in [0.717, 1.165) is 0 Å². The maximum atomic E-state index is 11.8. The van der Waals surface area contributed by atoms with Gasteiger partial charge in [-0.05, 0) is 19.1 Å². The van der Waals surface area contributed by atoms with Crippen LogP contribution in [0.2, 0.25) is 0 Å². The summed E-state index contributed by atoms with van der Waals surface area (Å²) in [5.74, 6) is -0.722. The van der Waals surface area contributed by atoms with Crippen LogP contribution in [-0.2, 0) is 11.2 Å². The van der Waals surface area contributed by atoms with Crippen LogP contribution in [0.25, 0.3) is 11.4 Å². The average Bonchev–Trinajstić information content (AvgIpc) is 2.33. The quantitative estimate of drug-likeness (QED) is 0.766. The van der Waals surface area contributed by atoms with Crippen molar-refractivity contribution in [3.63, 3.8) is 0 Å². The van der Waals surface area contributed by atoms with Gasteiger partial charge in [-0.1, -0.05) is 12.1 Å². The molecule has 2 rings (SSSR count). The number of carboxylic acid groups (broad SMARTS) is 1. The predicted molar refractivity (Wildman–Crippen MR) is 68.0 cm³/mol. The maximum absolute atomic E-state index is 11.8. The zero-order valence-electron chi connectivity index (χ0n) is 10.2. The van der Waals surface area contributed by atoms with Crippen LogP contribution >= 0.6 is 0 Å². The second-order valence-electron chi connectivity index (χ2n) is 4.10. The lowest BCUT2D eigenvalue weighted by Gasteiger charge is -2.06. The molecule has 6 heteroatoms. The number of phenols is 1. The molecular formula is C13H12N2O4. The molecule has 1 aromatic heterocycles. The smallest absolute Gasteiger partial charge is 0.308 e. The van der Waals surface area contributed by atoms with Gasteiger partial charge in [0, 0.05) is 16.8 Å². The summed E-state index contributed by atoms with van der Waals surface area (Å²) in [6, 6.07) is 6.29. The number of nitrogens with zero attached hydrogens (tertiary/aromatic N) is 1. The van der Waals surface area contributed by atoms with E-state index in [1.54, 1.807) is 19.1 Å². The number of rotatable bonds is 3. The molecule has 0 amide bonds. The highest BCUT2D eigenvalue weighted by Crippen LogP contribution is 2.19. The number of benzene rings is 1. The maximum Gasteiger partial charge on any atom is 0.308 e. The third-order valence-corrected chi connectivity index (χ3v) is 2.67. The second kappa shape index (κ2) is 4.93. The summed E-state index contributed by atoms with van der Waals surface area (Å²) in [4.78, 5) is 29.2. The van der Waals surface area contributed by atoms with Crippen LogP contribution in [-0.4, -0.2) is 26.2 Å². The molecule has 0 radical (unpaired) electrons. The van der Waals surface area contributed by atoms with Crippen molar-refractivity contribution in [3.8, 4) is 17.1 Å². The number of aromatic nitrogens is 2. The Balaban J connectivity index is 2.51. The first kappa shape index (κ1) is 12.8. The molecule has 0 bridgehead atoms. The molecule has 0 fully saturated rings. The number of carboxylic acids is 1. The molecule has 3 N–H and O–H groups in total. The van der Waals surface area contributed by atoms with E-state index in [9.17, 15) is 14.7 Å². The fraction of sp³-hybridized carbons (Fsp3) is 0.154. The van der Waals surface area contributed by atoms with Crippen molar-refractivity contribution in [2.24, 2.45) is 0 Å². The third kappa shape index (κ3) is 2.79. The number of hydrogen-bond donors (Lipinski definition) is 3. The number of aryl methyl sites for hydroxylation is 1. The van der Waals surface area contributed by atoms with Crippen molar-refractivity contribution in [3.05, 3.63) is 45.9 Å². The molecular weight excluding hydrogens is 248 g/mol. The Kier molecular flexibility index (Phi) is 3.33. The molecule has 19 heavy (non-hydrogen) atoms. The van der Waals surface area contributed by atoms with Crippen molar-refractivity contribution in [2.45, 2.75) is 13.3 Å². The molecule has 0 saturated heterocycles. The molecule has 0 saturated carbocycles. The molecule has 2 aromatic rings. The van der Waals surface area contributed by atoms with Gasteiger partial charge in [0.15, 0.2) is 0 Å². The molecule has 0 aliphatic heterocycles. The minimum absolute atomic E-state index is 0.0624. The summed E-state index contributed by atoms with van der Waals surface area (Å²) >= 11 is 0. The lowest BCUT2D eigenvalue weighted by Crippen LogP contribution is -2.20. The predicted octanol–water partition coefficient (Wildman–Crippen LogP) is 1.08. The highest BCUT2D eigenvalue weighted by atomic mass is 16.4. The van der Waals surface area contributed by atoms with Gasteiger partial charge < -0.3 is 15.2 Å². The SMILES string of the molecule is Cc1nc(-c2cccc(O)c2)[nH]c(=O)c1CC(=O)O. The van der Waals surface area contributed by atoms with Crippen molar-refractivity contribution in [1.29, 1.82) is 0 Å². The van der Waals surface area contributed by atoms with E-state index in [1.807, 2.05) is 0 Å². The average molecular weight is 260 g/mol. The molecule has 0 unspecified atom stereocenters. The monoisotopic (exact) mass is 260 g/mol. The number of aliphatic carboxylic acids is 1. The Morgan fingerprint density at radius 1 is 1.42 bits per heavy atom. The largest absolute Gasteiger partial charge is 0.508 e. The Morgan fingerprint density at radius 2 is 2.16 bits per heavy atom. The van der Waals surface area contributed by atoms with Gasteiger partial charge in [-0.25, -0.2) is 4.98 Å². The first-order chi connectivity index (χ1) is 8.97. The number of nitrogens with one attached hydrogen (secondary N) is 1. The van der Waals surface area contributed by atoms with E-state index in [4.69, 9.17) is 5.11 Å². The summed E-state index contributed by atoms with van der Waals surface area (Å²) in [6.45, 7) is 1.58. The second-order valence-corrected chi connectivity index (χ2v) is 4.10. The van der Waals surface area contributed by atoms with Crippen LogP contribution in [0, 0.1) is 6.92 Å².